The average molecular weight is 438 g/mol. The van der Waals surface area contributed by atoms with Crippen molar-refractivity contribution in [3.8, 4) is 0 Å². The Kier molecular flexibility index (Phi) is 5.28. The molecule has 0 spiro atoms. The number of allylic oxidation sites excluding steroid dienone is 1. The van der Waals surface area contributed by atoms with Crippen LogP contribution in [0.4, 0.5) is 11.4 Å². The Morgan fingerprint density at radius 1 is 1.13 bits per heavy atom. The number of anilines is 1. The number of nitrogens with zero attached hydrogens (tertiary/aromatic N) is 3. The SMILES string of the molecule is CC1=CC(C)(C)N(C)c2cc(Cl)c(/C=C3/SC(=Nc4ccccc4)N(C)C3=O)cc21. The number of amides is 1. The Morgan fingerprint density at radius 2 is 1.83 bits per heavy atom. The third kappa shape index (κ3) is 3.68. The number of fused-ring (bicyclic) bond motifs is 1. The second-order valence-corrected chi connectivity index (χ2v) is 9.55. The average Bonchev–Trinajstić information content (AvgIpc) is 2.96. The van der Waals surface area contributed by atoms with Gasteiger partial charge >= 0.3 is 0 Å². The van der Waals surface area contributed by atoms with Crippen LogP contribution < -0.4 is 4.90 Å². The van der Waals surface area contributed by atoms with E-state index in [1.54, 1.807) is 11.9 Å². The molecular weight excluding hydrogens is 414 g/mol. The highest BCUT2D eigenvalue weighted by atomic mass is 35.5. The minimum atomic E-state index is -0.0802. The number of hydrogen-bond acceptors (Lipinski definition) is 4. The van der Waals surface area contributed by atoms with Crippen LogP contribution in [0.1, 0.15) is 31.9 Å². The molecule has 2 aliphatic heterocycles. The molecule has 0 atom stereocenters. The van der Waals surface area contributed by atoms with Crippen molar-refractivity contribution in [1.82, 2.24) is 4.90 Å². The molecule has 0 aliphatic carbocycles. The van der Waals surface area contributed by atoms with Crippen LogP contribution in [0.2, 0.25) is 5.02 Å². The van der Waals surface area contributed by atoms with Gasteiger partial charge in [-0.2, -0.15) is 0 Å². The number of halogens is 1. The van der Waals surface area contributed by atoms with Crippen molar-refractivity contribution >= 4 is 57.5 Å². The van der Waals surface area contributed by atoms with E-state index in [0.29, 0.717) is 15.1 Å². The topological polar surface area (TPSA) is 35.9 Å². The van der Waals surface area contributed by atoms with Gasteiger partial charge in [-0.15, -0.1) is 0 Å². The maximum atomic E-state index is 12.8. The van der Waals surface area contributed by atoms with Gasteiger partial charge in [0.25, 0.3) is 5.91 Å². The van der Waals surface area contributed by atoms with E-state index in [1.165, 1.54) is 17.3 Å². The van der Waals surface area contributed by atoms with Crippen molar-refractivity contribution in [3.63, 3.8) is 0 Å². The molecule has 2 aliphatic rings. The second-order valence-electron chi connectivity index (χ2n) is 8.14. The summed E-state index contributed by atoms with van der Waals surface area (Å²) in [4.78, 5) is 21.8. The summed E-state index contributed by atoms with van der Waals surface area (Å²) in [6, 6.07) is 13.7. The summed E-state index contributed by atoms with van der Waals surface area (Å²) in [6.45, 7) is 6.48. The normalized spacial score (nSPS) is 20.7. The molecule has 0 N–H and O–H groups in total. The van der Waals surface area contributed by atoms with Crippen molar-refractivity contribution in [1.29, 1.82) is 0 Å². The summed E-state index contributed by atoms with van der Waals surface area (Å²) in [5.74, 6) is -0.0750. The van der Waals surface area contributed by atoms with E-state index < -0.39 is 0 Å². The molecule has 4 rings (SSSR count). The van der Waals surface area contributed by atoms with E-state index in [4.69, 9.17) is 11.6 Å². The van der Waals surface area contributed by atoms with Crippen molar-refractivity contribution < 1.29 is 4.79 Å². The van der Waals surface area contributed by atoms with Crippen molar-refractivity contribution in [2.24, 2.45) is 4.99 Å². The zero-order valence-electron chi connectivity index (χ0n) is 17.7. The Morgan fingerprint density at radius 3 is 2.53 bits per heavy atom. The molecule has 0 bridgehead atoms. The number of thioether (sulfide) groups is 1. The molecule has 154 valence electrons. The summed E-state index contributed by atoms with van der Waals surface area (Å²) in [7, 11) is 3.82. The molecule has 2 aromatic carbocycles. The largest absolute Gasteiger partial charge is 0.365 e. The van der Waals surface area contributed by atoms with Gasteiger partial charge in [-0.1, -0.05) is 35.9 Å². The van der Waals surface area contributed by atoms with Gasteiger partial charge in [0.15, 0.2) is 5.17 Å². The fourth-order valence-electron chi connectivity index (χ4n) is 3.70. The first kappa shape index (κ1) is 20.8. The molecule has 4 nitrogen and oxygen atoms in total. The van der Waals surface area contributed by atoms with E-state index in [0.717, 1.165) is 22.5 Å². The Balaban J connectivity index is 1.72. The zero-order valence-corrected chi connectivity index (χ0v) is 19.3. The number of carbonyl (C=O) groups excluding carboxylic acids is 1. The summed E-state index contributed by atoms with van der Waals surface area (Å²) < 4.78 is 0. The maximum absolute atomic E-state index is 12.8. The molecule has 1 saturated heterocycles. The second kappa shape index (κ2) is 7.64. The minimum Gasteiger partial charge on any atom is -0.365 e. The molecule has 0 aromatic heterocycles. The molecule has 0 saturated carbocycles. The van der Waals surface area contributed by atoms with Crippen LogP contribution >= 0.6 is 23.4 Å². The van der Waals surface area contributed by atoms with Gasteiger partial charge in [0.1, 0.15) is 0 Å². The highest BCUT2D eigenvalue weighted by Gasteiger charge is 2.32. The van der Waals surface area contributed by atoms with Gasteiger partial charge in [0.2, 0.25) is 0 Å². The van der Waals surface area contributed by atoms with Crippen molar-refractivity contribution in [3.05, 3.63) is 69.6 Å². The lowest BCUT2D eigenvalue weighted by atomic mass is 9.88. The van der Waals surface area contributed by atoms with Crippen molar-refractivity contribution in [2.75, 3.05) is 19.0 Å². The van der Waals surface area contributed by atoms with Gasteiger partial charge in [-0.05, 0) is 74.0 Å². The number of hydrogen-bond donors (Lipinski definition) is 0. The first-order valence-electron chi connectivity index (χ1n) is 9.76. The predicted molar refractivity (Wildman–Crippen MR) is 129 cm³/mol. The monoisotopic (exact) mass is 437 g/mol. The molecule has 2 heterocycles. The lowest BCUT2D eigenvalue weighted by Gasteiger charge is -2.40. The molecule has 2 aromatic rings. The van der Waals surface area contributed by atoms with E-state index in [9.17, 15) is 4.79 Å². The number of likely N-dealkylation sites (N-methyl/N-ethyl adjacent to an activating group) is 2. The number of para-hydroxylation sites is 1. The molecular formula is C24H24ClN3OS. The van der Waals surface area contributed by atoms with Crippen LogP contribution in [0, 0.1) is 0 Å². The number of rotatable bonds is 2. The Labute approximate surface area is 186 Å². The maximum Gasteiger partial charge on any atom is 0.266 e. The predicted octanol–water partition coefficient (Wildman–Crippen LogP) is 6.21. The van der Waals surface area contributed by atoms with Gasteiger partial charge in [-0.3, -0.25) is 9.69 Å². The zero-order chi connectivity index (χ0) is 21.6. The third-order valence-corrected chi connectivity index (χ3v) is 6.99. The van der Waals surface area contributed by atoms with Crippen LogP contribution in [0.25, 0.3) is 11.6 Å². The van der Waals surface area contributed by atoms with Gasteiger partial charge in [-0.25, -0.2) is 4.99 Å². The van der Waals surface area contributed by atoms with Gasteiger partial charge < -0.3 is 4.90 Å². The van der Waals surface area contributed by atoms with E-state index >= 15 is 0 Å². The molecule has 1 fully saturated rings. The van der Waals surface area contributed by atoms with Gasteiger partial charge in [0.05, 0.1) is 16.1 Å². The van der Waals surface area contributed by atoms with E-state index in [1.807, 2.05) is 42.5 Å². The summed E-state index contributed by atoms with van der Waals surface area (Å²) in [5, 5.41) is 1.28. The lowest BCUT2D eigenvalue weighted by Crippen LogP contribution is -2.42. The van der Waals surface area contributed by atoms with Crippen LogP contribution in [-0.4, -0.2) is 35.6 Å². The van der Waals surface area contributed by atoms with Gasteiger partial charge in [0, 0.05) is 30.4 Å². The molecule has 0 radical (unpaired) electrons. The highest BCUT2D eigenvalue weighted by molar-refractivity contribution is 8.18. The van der Waals surface area contributed by atoms with E-state index in [2.05, 4.69) is 49.9 Å². The number of carbonyl (C=O) groups is 1. The van der Waals surface area contributed by atoms with E-state index in [-0.39, 0.29) is 11.4 Å². The number of aliphatic imine (C=N–C) groups is 1. The van der Waals surface area contributed by atoms with Crippen LogP contribution in [0.15, 0.2) is 58.4 Å². The summed E-state index contributed by atoms with van der Waals surface area (Å²) in [5.41, 5.74) is 5.01. The fraction of sp³-hybridized carbons (Fsp3) is 0.250. The summed E-state index contributed by atoms with van der Waals surface area (Å²) >= 11 is 8.01. The quantitative estimate of drug-likeness (QED) is 0.524. The fourth-order valence-corrected chi connectivity index (χ4v) is 4.89. The lowest BCUT2D eigenvalue weighted by molar-refractivity contribution is -0.121. The van der Waals surface area contributed by atoms with Crippen LogP contribution in [0.3, 0.4) is 0 Å². The Hall–Kier alpha value is -2.50. The third-order valence-electron chi connectivity index (χ3n) is 5.61. The first-order chi connectivity index (χ1) is 14.2. The summed E-state index contributed by atoms with van der Waals surface area (Å²) in [6.07, 6.45) is 4.13. The molecule has 6 heteroatoms. The number of amidine groups is 1. The van der Waals surface area contributed by atoms with Crippen LogP contribution in [-0.2, 0) is 4.79 Å². The molecule has 1 amide bonds. The number of benzene rings is 2. The molecule has 0 unspecified atom stereocenters. The smallest absolute Gasteiger partial charge is 0.266 e. The first-order valence-corrected chi connectivity index (χ1v) is 11.0. The minimum absolute atomic E-state index is 0.0750. The standard InChI is InChI=1S/C24H24ClN3OS/c1-15-14-24(2,3)28(5)20-13-19(25)16(11-18(15)20)12-21-22(29)27(4)23(30-21)26-17-9-7-6-8-10-17/h6-14H,1-5H3/b21-12+,26-23?. The van der Waals surface area contributed by atoms with Crippen LogP contribution in [0.5, 0.6) is 0 Å². The Bertz CT molecular complexity index is 1120. The van der Waals surface area contributed by atoms with Crippen molar-refractivity contribution in [2.45, 2.75) is 26.3 Å². The highest BCUT2D eigenvalue weighted by Crippen LogP contribution is 2.42. The molecule has 30 heavy (non-hydrogen) atoms.